The van der Waals surface area contributed by atoms with E-state index >= 15 is 0 Å². The standard InChI is InChI=1S/C21H25BrN2O4/c1-13(2)17(21(27)28-3)24-20(26)19(25)18(14-7-5-4-6-8-14)23-16-11-9-15(22)10-12-16/h4-13,17-19,23,25H,1-3H3,(H,24,26)/t17-,18+,19-/m0/s1. The van der Waals surface area contributed by atoms with Crippen molar-refractivity contribution >= 4 is 33.5 Å². The van der Waals surface area contributed by atoms with Gasteiger partial charge in [0.05, 0.1) is 13.2 Å². The lowest BCUT2D eigenvalue weighted by atomic mass is 9.98. The zero-order chi connectivity index (χ0) is 20.7. The molecule has 0 spiro atoms. The first-order chi connectivity index (χ1) is 13.3. The SMILES string of the molecule is COC(=O)[C@@H](NC(=O)[C@@H](O)[C@H](Nc1ccc(Br)cc1)c1ccccc1)C(C)C. The van der Waals surface area contributed by atoms with Gasteiger partial charge in [-0.2, -0.15) is 0 Å². The Kier molecular flexibility index (Phi) is 8.02. The Morgan fingerprint density at radius 1 is 1.04 bits per heavy atom. The third-order valence-corrected chi connectivity index (χ3v) is 4.86. The number of hydrogen-bond donors (Lipinski definition) is 3. The van der Waals surface area contributed by atoms with Crippen LogP contribution in [0.15, 0.2) is 59.1 Å². The number of aliphatic hydroxyl groups excluding tert-OH is 1. The van der Waals surface area contributed by atoms with Gasteiger partial charge >= 0.3 is 5.97 Å². The lowest BCUT2D eigenvalue weighted by molar-refractivity contribution is -0.147. The zero-order valence-electron chi connectivity index (χ0n) is 16.1. The van der Waals surface area contributed by atoms with E-state index < -0.39 is 30.1 Å². The van der Waals surface area contributed by atoms with E-state index in [9.17, 15) is 14.7 Å². The summed E-state index contributed by atoms with van der Waals surface area (Å²) in [6.07, 6.45) is -1.42. The third kappa shape index (κ3) is 5.81. The number of esters is 1. The third-order valence-electron chi connectivity index (χ3n) is 4.33. The van der Waals surface area contributed by atoms with Gasteiger partial charge in [0, 0.05) is 10.2 Å². The number of aliphatic hydroxyl groups is 1. The van der Waals surface area contributed by atoms with Gasteiger partial charge in [0.2, 0.25) is 0 Å². The molecular weight excluding hydrogens is 424 g/mol. The first-order valence-corrected chi connectivity index (χ1v) is 9.76. The molecule has 0 aliphatic carbocycles. The van der Waals surface area contributed by atoms with Crippen LogP contribution in [-0.4, -0.2) is 36.2 Å². The van der Waals surface area contributed by atoms with Crippen molar-refractivity contribution in [1.82, 2.24) is 5.32 Å². The Hall–Kier alpha value is -2.38. The molecule has 6 nitrogen and oxygen atoms in total. The van der Waals surface area contributed by atoms with Crippen molar-refractivity contribution in [3.05, 3.63) is 64.6 Å². The average Bonchev–Trinajstić information content (AvgIpc) is 2.70. The van der Waals surface area contributed by atoms with E-state index in [1.165, 1.54) is 7.11 Å². The number of benzene rings is 2. The van der Waals surface area contributed by atoms with Crippen LogP contribution in [0.5, 0.6) is 0 Å². The van der Waals surface area contributed by atoms with Gasteiger partial charge in [-0.25, -0.2) is 4.79 Å². The molecule has 0 radical (unpaired) electrons. The molecule has 0 unspecified atom stereocenters. The Labute approximate surface area is 173 Å². The minimum absolute atomic E-state index is 0.182. The van der Waals surface area contributed by atoms with Crippen LogP contribution in [0.2, 0.25) is 0 Å². The summed E-state index contributed by atoms with van der Waals surface area (Å²) < 4.78 is 5.67. The molecule has 3 N–H and O–H groups in total. The van der Waals surface area contributed by atoms with Gasteiger partial charge in [-0.05, 0) is 35.7 Å². The van der Waals surface area contributed by atoms with Crippen LogP contribution in [0.1, 0.15) is 25.5 Å². The van der Waals surface area contributed by atoms with E-state index in [4.69, 9.17) is 4.74 Å². The summed E-state index contributed by atoms with van der Waals surface area (Å²) in [5.41, 5.74) is 1.49. The van der Waals surface area contributed by atoms with Crippen molar-refractivity contribution < 1.29 is 19.4 Å². The predicted octanol–water partition coefficient (Wildman–Crippen LogP) is 3.28. The van der Waals surface area contributed by atoms with Crippen molar-refractivity contribution in [1.29, 1.82) is 0 Å². The van der Waals surface area contributed by atoms with Gasteiger partial charge in [-0.15, -0.1) is 0 Å². The maximum Gasteiger partial charge on any atom is 0.328 e. The minimum atomic E-state index is -1.42. The summed E-state index contributed by atoms with van der Waals surface area (Å²) >= 11 is 3.38. The van der Waals surface area contributed by atoms with Crippen LogP contribution in [0.25, 0.3) is 0 Å². The first-order valence-electron chi connectivity index (χ1n) is 8.96. The molecule has 0 aromatic heterocycles. The Morgan fingerprint density at radius 3 is 2.18 bits per heavy atom. The number of nitrogens with one attached hydrogen (secondary N) is 2. The van der Waals surface area contributed by atoms with Crippen LogP contribution in [0.3, 0.4) is 0 Å². The van der Waals surface area contributed by atoms with Gasteiger partial charge in [-0.3, -0.25) is 4.79 Å². The monoisotopic (exact) mass is 448 g/mol. The number of hydrogen-bond acceptors (Lipinski definition) is 5. The van der Waals surface area contributed by atoms with E-state index in [1.54, 1.807) is 13.8 Å². The summed E-state index contributed by atoms with van der Waals surface area (Å²) in [6, 6.07) is 15.1. The molecule has 150 valence electrons. The normalized spacial score (nSPS) is 14.1. The number of halogens is 1. The summed E-state index contributed by atoms with van der Waals surface area (Å²) in [6.45, 7) is 3.59. The highest BCUT2D eigenvalue weighted by Gasteiger charge is 2.32. The van der Waals surface area contributed by atoms with E-state index in [2.05, 4.69) is 26.6 Å². The number of rotatable bonds is 8. The topological polar surface area (TPSA) is 87.7 Å². The lowest BCUT2D eigenvalue weighted by Crippen LogP contribution is -2.50. The fourth-order valence-corrected chi connectivity index (χ4v) is 3.01. The highest BCUT2D eigenvalue weighted by Crippen LogP contribution is 2.24. The molecule has 0 aliphatic rings. The Bertz CT molecular complexity index is 781. The number of methoxy groups -OCH3 is 1. The summed E-state index contributed by atoms with van der Waals surface area (Å²) in [7, 11) is 1.27. The second-order valence-electron chi connectivity index (χ2n) is 6.74. The van der Waals surface area contributed by atoms with Crippen LogP contribution < -0.4 is 10.6 Å². The highest BCUT2D eigenvalue weighted by molar-refractivity contribution is 9.10. The van der Waals surface area contributed by atoms with E-state index in [0.29, 0.717) is 0 Å². The summed E-state index contributed by atoms with van der Waals surface area (Å²) in [5, 5.41) is 16.6. The smallest absolute Gasteiger partial charge is 0.328 e. The predicted molar refractivity (Wildman–Crippen MR) is 112 cm³/mol. The average molecular weight is 449 g/mol. The van der Waals surface area contributed by atoms with E-state index in [0.717, 1.165) is 15.7 Å². The lowest BCUT2D eigenvalue weighted by Gasteiger charge is -2.27. The van der Waals surface area contributed by atoms with Gasteiger partial charge in [0.25, 0.3) is 5.91 Å². The number of carbonyl (C=O) groups excluding carboxylic acids is 2. The number of carbonyl (C=O) groups is 2. The van der Waals surface area contributed by atoms with Crippen LogP contribution in [0.4, 0.5) is 5.69 Å². The number of anilines is 1. The molecule has 1 amide bonds. The molecule has 7 heteroatoms. The van der Waals surface area contributed by atoms with Crippen LogP contribution >= 0.6 is 15.9 Å². The van der Waals surface area contributed by atoms with Gasteiger partial charge in [-0.1, -0.05) is 60.1 Å². The van der Waals surface area contributed by atoms with Crippen LogP contribution in [-0.2, 0) is 14.3 Å². The van der Waals surface area contributed by atoms with Gasteiger partial charge in [0.1, 0.15) is 6.04 Å². The Morgan fingerprint density at radius 2 is 1.64 bits per heavy atom. The van der Waals surface area contributed by atoms with E-state index in [-0.39, 0.29) is 5.92 Å². The first kappa shape index (κ1) is 21.9. The maximum absolute atomic E-state index is 12.7. The molecule has 28 heavy (non-hydrogen) atoms. The molecule has 0 heterocycles. The fourth-order valence-electron chi connectivity index (χ4n) is 2.75. The van der Waals surface area contributed by atoms with Crippen molar-refractivity contribution in [3.8, 4) is 0 Å². The van der Waals surface area contributed by atoms with Gasteiger partial charge in [0.15, 0.2) is 6.10 Å². The summed E-state index contributed by atoms with van der Waals surface area (Å²) in [4.78, 5) is 24.7. The highest BCUT2D eigenvalue weighted by atomic mass is 79.9. The van der Waals surface area contributed by atoms with Crippen molar-refractivity contribution in [2.24, 2.45) is 5.92 Å². The summed E-state index contributed by atoms with van der Waals surface area (Å²) in [5.74, 6) is -1.38. The second kappa shape index (κ2) is 10.2. The van der Waals surface area contributed by atoms with Crippen LogP contribution in [0, 0.1) is 5.92 Å². The number of amides is 1. The molecule has 3 atom stereocenters. The molecular formula is C21H25BrN2O4. The molecule has 0 bridgehead atoms. The zero-order valence-corrected chi connectivity index (χ0v) is 17.6. The molecule has 0 aliphatic heterocycles. The minimum Gasteiger partial charge on any atom is -0.467 e. The number of ether oxygens (including phenoxy) is 1. The van der Waals surface area contributed by atoms with Crippen molar-refractivity contribution in [3.63, 3.8) is 0 Å². The molecule has 0 saturated heterocycles. The fraction of sp³-hybridized carbons (Fsp3) is 0.333. The van der Waals surface area contributed by atoms with E-state index in [1.807, 2.05) is 54.6 Å². The van der Waals surface area contributed by atoms with Crippen molar-refractivity contribution in [2.45, 2.75) is 32.0 Å². The quantitative estimate of drug-likeness (QED) is 0.539. The molecule has 2 aromatic rings. The molecule has 2 rings (SSSR count). The largest absolute Gasteiger partial charge is 0.467 e. The molecule has 2 aromatic carbocycles. The van der Waals surface area contributed by atoms with Gasteiger partial charge < -0.3 is 20.5 Å². The second-order valence-corrected chi connectivity index (χ2v) is 7.65. The maximum atomic E-state index is 12.7. The molecule has 0 saturated carbocycles. The molecule has 0 fully saturated rings. The Balaban J connectivity index is 2.25. The van der Waals surface area contributed by atoms with Crippen molar-refractivity contribution in [2.75, 3.05) is 12.4 Å².